The molecular formula is C22H25N5O5S. The average molecular weight is 472 g/mol. The quantitative estimate of drug-likeness (QED) is 0.481. The van der Waals surface area contributed by atoms with Crippen molar-refractivity contribution >= 4 is 39.2 Å². The molecule has 1 aliphatic heterocycles. The highest BCUT2D eigenvalue weighted by atomic mass is 32.2. The van der Waals surface area contributed by atoms with Crippen molar-refractivity contribution in [1.82, 2.24) is 15.2 Å². The largest absolute Gasteiger partial charge is 0.467 e. The Labute approximate surface area is 192 Å². The van der Waals surface area contributed by atoms with Gasteiger partial charge in [-0.25, -0.2) is 4.79 Å². The van der Waals surface area contributed by atoms with Crippen LogP contribution in [0.3, 0.4) is 0 Å². The van der Waals surface area contributed by atoms with Crippen LogP contribution in [0.25, 0.3) is 10.9 Å². The third-order valence-electron chi connectivity index (χ3n) is 5.15. The molecule has 1 fully saturated rings. The Morgan fingerprint density at radius 2 is 2.09 bits per heavy atom. The second kappa shape index (κ2) is 11.4. The van der Waals surface area contributed by atoms with Crippen LogP contribution in [0.15, 0.2) is 46.2 Å². The van der Waals surface area contributed by atoms with E-state index in [1.54, 1.807) is 42.8 Å². The van der Waals surface area contributed by atoms with Crippen molar-refractivity contribution in [2.24, 2.45) is 5.92 Å². The Morgan fingerprint density at radius 3 is 2.70 bits per heavy atom. The highest BCUT2D eigenvalue weighted by Crippen LogP contribution is 2.22. The molecule has 0 bridgehead atoms. The predicted octanol–water partition coefficient (Wildman–Crippen LogP) is 2.60. The van der Waals surface area contributed by atoms with Gasteiger partial charge in [0.25, 0.3) is 5.56 Å². The van der Waals surface area contributed by atoms with Crippen molar-refractivity contribution in [2.75, 3.05) is 25.3 Å². The number of pyridine rings is 1. The van der Waals surface area contributed by atoms with Crippen molar-refractivity contribution in [3.05, 3.63) is 46.9 Å². The summed E-state index contributed by atoms with van der Waals surface area (Å²) in [5, 5.41) is 18.9. The van der Waals surface area contributed by atoms with Crippen LogP contribution >= 0.6 is 0 Å². The Hall–Kier alpha value is -3.49. The van der Waals surface area contributed by atoms with E-state index in [9.17, 15) is 13.8 Å². The molecule has 0 amide bonds. The standard InChI is InChI=1S/C13H12N4O2S.C9H13NO3/c1-20(19)9-4-2-8(3-5-9)15-12-11-10(16-17-12)6-7-14-13(11)18;1-12-9(11)8-3-2-7(4-5-10)6-13-8/h2-7H,1H3,(H,14,18)(H2,15,16,17);7-8H,2-4,6H2,1H3/t;7-,8+/m.1/s1. The van der Waals surface area contributed by atoms with Gasteiger partial charge in [0.15, 0.2) is 11.9 Å². The van der Waals surface area contributed by atoms with Crippen molar-refractivity contribution in [2.45, 2.75) is 30.3 Å². The van der Waals surface area contributed by atoms with Gasteiger partial charge in [-0.1, -0.05) is 0 Å². The molecule has 1 unspecified atom stereocenters. The lowest BCUT2D eigenvalue weighted by molar-refractivity contribution is -0.158. The van der Waals surface area contributed by atoms with Crippen molar-refractivity contribution in [3.8, 4) is 6.07 Å². The van der Waals surface area contributed by atoms with Gasteiger partial charge in [0.05, 0.1) is 25.3 Å². The van der Waals surface area contributed by atoms with E-state index in [1.165, 1.54) is 7.11 Å². The third-order valence-corrected chi connectivity index (χ3v) is 6.09. The molecular weight excluding hydrogens is 446 g/mol. The number of fused-ring (bicyclic) bond motifs is 1. The average Bonchev–Trinajstić information content (AvgIpc) is 3.24. The number of nitrogens with zero attached hydrogens (tertiary/aromatic N) is 2. The topological polar surface area (TPSA) is 150 Å². The first-order valence-corrected chi connectivity index (χ1v) is 11.8. The Bertz CT molecular complexity index is 1210. The molecule has 4 rings (SSSR count). The maximum atomic E-state index is 11.8. The summed E-state index contributed by atoms with van der Waals surface area (Å²) in [5.74, 6) is 0.438. The summed E-state index contributed by atoms with van der Waals surface area (Å²) < 4.78 is 21.1. The number of hydrogen-bond acceptors (Lipinski definition) is 8. The first-order chi connectivity index (χ1) is 15.9. The number of rotatable bonds is 5. The van der Waals surface area contributed by atoms with Crippen LogP contribution in [0.2, 0.25) is 0 Å². The van der Waals surface area contributed by atoms with Crippen molar-refractivity contribution in [1.29, 1.82) is 5.26 Å². The molecule has 1 saturated heterocycles. The van der Waals surface area contributed by atoms with Gasteiger partial charge in [-0.15, -0.1) is 0 Å². The second-order valence-corrected chi connectivity index (χ2v) is 8.80. The minimum Gasteiger partial charge on any atom is -0.467 e. The molecule has 3 aromatic rings. The fourth-order valence-corrected chi connectivity index (χ4v) is 3.87. The molecule has 1 aliphatic rings. The fraction of sp³-hybridized carbons (Fsp3) is 0.364. The van der Waals surface area contributed by atoms with Crippen LogP contribution < -0.4 is 10.9 Å². The first-order valence-electron chi connectivity index (χ1n) is 10.3. The fourth-order valence-electron chi connectivity index (χ4n) is 3.35. The number of aromatic nitrogens is 3. The number of esters is 1. The molecule has 33 heavy (non-hydrogen) atoms. The van der Waals surface area contributed by atoms with Gasteiger partial charge in [-0.2, -0.15) is 10.4 Å². The van der Waals surface area contributed by atoms with Crippen LogP contribution in [0.4, 0.5) is 11.5 Å². The highest BCUT2D eigenvalue weighted by Gasteiger charge is 2.27. The number of carbonyl (C=O) groups excluding carboxylic acids is 1. The van der Waals surface area contributed by atoms with E-state index in [0.717, 1.165) is 17.0 Å². The molecule has 0 radical (unpaired) electrons. The number of benzene rings is 1. The molecule has 1 aromatic carbocycles. The number of nitrogens with one attached hydrogen (secondary N) is 3. The molecule has 3 N–H and O–H groups in total. The maximum absolute atomic E-state index is 11.8. The summed E-state index contributed by atoms with van der Waals surface area (Å²) in [6.07, 6.45) is 4.82. The number of nitriles is 1. The molecule has 0 aliphatic carbocycles. The molecule has 2 aromatic heterocycles. The van der Waals surface area contributed by atoms with Gasteiger partial charge in [0.1, 0.15) is 5.39 Å². The molecule has 10 nitrogen and oxygen atoms in total. The smallest absolute Gasteiger partial charge is 0.334 e. The van der Waals surface area contributed by atoms with E-state index < -0.39 is 16.9 Å². The summed E-state index contributed by atoms with van der Waals surface area (Å²) in [6, 6.07) is 11.0. The molecule has 11 heteroatoms. The van der Waals surface area contributed by atoms with Crippen molar-refractivity contribution in [3.63, 3.8) is 0 Å². The van der Waals surface area contributed by atoms with E-state index in [4.69, 9.17) is 10.00 Å². The number of carbonyl (C=O) groups is 1. The molecule has 0 spiro atoms. The van der Waals surface area contributed by atoms with Crippen molar-refractivity contribution < 1.29 is 18.5 Å². The Kier molecular flexibility index (Phi) is 8.34. The minimum atomic E-state index is -1.01. The number of H-pyrrole nitrogens is 2. The SMILES string of the molecule is COC(=O)[C@@H]1CC[C@H](CC#N)CO1.CS(=O)c1ccc(Nc2n[nH]c3cc[nH]c(=O)c23)cc1. The summed E-state index contributed by atoms with van der Waals surface area (Å²) in [7, 11) is 0.348. The van der Waals surface area contributed by atoms with Gasteiger partial charge < -0.3 is 19.8 Å². The molecule has 3 heterocycles. The maximum Gasteiger partial charge on any atom is 0.334 e. The number of methoxy groups -OCH3 is 1. The highest BCUT2D eigenvalue weighted by molar-refractivity contribution is 7.84. The summed E-state index contributed by atoms with van der Waals surface area (Å²) in [6.45, 7) is 0.493. The number of aromatic amines is 2. The van der Waals surface area contributed by atoms with Gasteiger partial charge >= 0.3 is 5.97 Å². The number of anilines is 2. The lowest BCUT2D eigenvalue weighted by atomic mass is 9.96. The van der Waals surface area contributed by atoms with Crippen LogP contribution in [0, 0.1) is 17.2 Å². The lowest BCUT2D eigenvalue weighted by Gasteiger charge is -2.25. The van der Waals surface area contributed by atoms with E-state index in [-0.39, 0.29) is 17.4 Å². The number of ether oxygens (including phenoxy) is 2. The second-order valence-electron chi connectivity index (χ2n) is 7.42. The van der Waals surface area contributed by atoms with Crippen LogP contribution in [0.5, 0.6) is 0 Å². The normalized spacial score (nSPS) is 18.5. The van der Waals surface area contributed by atoms with Gasteiger partial charge in [-0.05, 0) is 49.1 Å². The predicted molar refractivity (Wildman–Crippen MR) is 123 cm³/mol. The van der Waals surface area contributed by atoms with E-state index in [1.807, 2.05) is 0 Å². The zero-order chi connectivity index (χ0) is 23.8. The van der Waals surface area contributed by atoms with Gasteiger partial charge in [0.2, 0.25) is 0 Å². The third kappa shape index (κ3) is 6.27. The van der Waals surface area contributed by atoms with E-state index in [2.05, 4.69) is 31.3 Å². The minimum absolute atomic E-state index is 0.204. The number of hydrogen-bond donors (Lipinski definition) is 3. The monoisotopic (exact) mass is 471 g/mol. The van der Waals surface area contributed by atoms with E-state index >= 15 is 0 Å². The Morgan fingerprint density at radius 1 is 1.33 bits per heavy atom. The van der Waals surface area contributed by atoms with Crippen LogP contribution in [-0.2, 0) is 25.1 Å². The van der Waals surface area contributed by atoms with Gasteiger partial charge in [0, 0.05) is 40.3 Å². The summed E-state index contributed by atoms with van der Waals surface area (Å²) in [4.78, 5) is 26.2. The molecule has 3 atom stereocenters. The van der Waals surface area contributed by atoms with Gasteiger partial charge in [-0.3, -0.25) is 14.1 Å². The Balaban J connectivity index is 0.000000205. The summed E-state index contributed by atoms with van der Waals surface area (Å²) >= 11 is 0. The zero-order valence-electron chi connectivity index (χ0n) is 18.3. The van der Waals surface area contributed by atoms with Crippen LogP contribution in [0.1, 0.15) is 19.3 Å². The zero-order valence-corrected chi connectivity index (χ0v) is 19.1. The van der Waals surface area contributed by atoms with Crippen LogP contribution in [-0.4, -0.2) is 51.4 Å². The first kappa shape index (κ1) is 24.2. The summed E-state index contributed by atoms with van der Waals surface area (Å²) in [5.41, 5.74) is 1.24. The molecule has 0 saturated carbocycles. The molecule has 174 valence electrons. The lowest BCUT2D eigenvalue weighted by Crippen LogP contribution is -2.32. The van der Waals surface area contributed by atoms with E-state index in [0.29, 0.717) is 36.2 Å².